The summed E-state index contributed by atoms with van der Waals surface area (Å²) in [6.07, 6.45) is 1.86. The van der Waals surface area contributed by atoms with Crippen LogP contribution >= 0.6 is 0 Å². The maximum atomic E-state index is 6.03. The first-order valence-corrected chi connectivity index (χ1v) is 6.07. The molecule has 2 rings (SSSR count). The van der Waals surface area contributed by atoms with E-state index in [-0.39, 0.29) is 0 Å². The van der Waals surface area contributed by atoms with Crippen LogP contribution in [0.15, 0.2) is 24.3 Å². The quantitative estimate of drug-likeness (QED) is 0.877. The van der Waals surface area contributed by atoms with Gasteiger partial charge in [0, 0.05) is 16.8 Å². The second-order valence-corrected chi connectivity index (χ2v) is 4.06. The standard InChI is InChI=1S/C14H18N2O/c1-3-8-17-13-7-5-6-11-12(15)9-10(4-2)16-14(11)13/h5-7,9H,3-4,8H2,1-2H3,(H2,15,16). The van der Waals surface area contributed by atoms with Crippen molar-refractivity contribution in [3.05, 3.63) is 30.0 Å². The summed E-state index contributed by atoms with van der Waals surface area (Å²) in [7, 11) is 0. The van der Waals surface area contributed by atoms with Crippen molar-refractivity contribution in [3.8, 4) is 5.75 Å². The molecule has 0 bridgehead atoms. The first-order chi connectivity index (χ1) is 8.26. The zero-order chi connectivity index (χ0) is 12.3. The maximum Gasteiger partial charge on any atom is 0.145 e. The summed E-state index contributed by atoms with van der Waals surface area (Å²) in [6, 6.07) is 7.82. The van der Waals surface area contributed by atoms with Gasteiger partial charge in [0.1, 0.15) is 11.3 Å². The molecule has 3 nitrogen and oxygen atoms in total. The monoisotopic (exact) mass is 230 g/mol. The second kappa shape index (κ2) is 5.04. The van der Waals surface area contributed by atoms with Gasteiger partial charge in [0.25, 0.3) is 0 Å². The molecule has 3 heteroatoms. The van der Waals surface area contributed by atoms with Crippen molar-refractivity contribution in [1.82, 2.24) is 4.98 Å². The summed E-state index contributed by atoms with van der Waals surface area (Å²) < 4.78 is 5.70. The molecule has 1 heterocycles. The van der Waals surface area contributed by atoms with E-state index in [9.17, 15) is 0 Å². The highest BCUT2D eigenvalue weighted by Crippen LogP contribution is 2.28. The Labute approximate surface area is 102 Å². The van der Waals surface area contributed by atoms with Crippen LogP contribution in [0.1, 0.15) is 26.0 Å². The molecule has 0 aliphatic carbocycles. The number of hydrogen-bond donors (Lipinski definition) is 1. The Morgan fingerprint density at radius 2 is 2.12 bits per heavy atom. The number of nitrogens with two attached hydrogens (primary N) is 1. The topological polar surface area (TPSA) is 48.1 Å². The van der Waals surface area contributed by atoms with E-state index in [1.165, 1.54) is 0 Å². The average Bonchev–Trinajstić information content (AvgIpc) is 2.36. The summed E-state index contributed by atoms with van der Waals surface area (Å²) in [5.41, 5.74) is 8.68. The minimum Gasteiger partial charge on any atom is -0.491 e. The van der Waals surface area contributed by atoms with Gasteiger partial charge in [-0.15, -0.1) is 0 Å². The number of anilines is 1. The van der Waals surface area contributed by atoms with E-state index in [0.29, 0.717) is 6.61 Å². The molecule has 0 saturated heterocycles. The van der Waals surface area contributed by atoms with Crippen LogP contribution in [0.2, 0.25) is 0 Å². The van der Waals surface area contributed by atoms with Crippen molar-refractivity contribution in [3.63, 3.8) is 0 Å². The van der Waals surface area contributed by atoms with Crippen molar-refractivity contribution in [2.24, 2.45) is 0 Å². The minimum atomic E-state index is 0.705. The number of hydrogen-bond acceptors (Lipinski definition) is 3. The summed E-state index contributed by atoms with van der Waals surface area (Å²) in [5, 5.41) is 0.968. The number of ether oxygens (including phenoxy) is 1. The molecule has 1 aromatic heterocycles. The number of aromatic nitrogens is 1. The van der Waals surface area contributed by atoms with E-state index in [4.69, 9.17) is 10.5 Å². The van der Waals surface area contributed by atoms with Gasteiger partial charge in [0.05, 0.1) is 6.61 Å². The van der Waals surface area contributed by atoms with E-state index in [1.807, 2.05) is 24.3 Å². The van der Waals surface area contributed by atoms with Gasteiger partial charge in [0.2, 0.25) is 0 Å². The molecule has 1 aromatic carbocycles. The van der Waals surface area contributed by atoms with Gasteiger partial charge in [-0.1, -0.05) is 26.0 Å². The van der Waals surface area contributed by atoms with E-state index >= 15 is 0 Å². The first kappa shape index (κ1) is 11.7. The maximum absolute atomic E-state index is 6.03. The van der Waals surface area contributed by atoms with Gasteiger partial charge < -0.3 is 10.5 Å². The average molecular weight is 230 g/mol. The highest BCUT2D eigenvalue weighted by Gasteiger charge is 2.07. The lowest BCUT2D eigenvalue weighted by Gasteiger charge is -2.10. The fraction of sp³-hybridized carbons (Fsp3) is 0.357. The zero-order valence-electron chi connectivity index (χ0n) is 10.4. The number of nitrogen functional groups attached to an aromatic ring is 1. The molecule has 90 valence electrons. The number of rotatable bonds is 4. The normalized spacial score (nSPS) is 10.7. The van der Waals surface area contributed by atoms with Gasteiger partial charge in [-0.25, -0.2) is 4.98 Å². The van der Waals surface area contributed by atoms with E-state index in [2.05, 4.69) is 18.8 Å². The van der Waals surface area contributed by atoms with Crippen LogP contribution in [0.4, 0.5) is 5.69 Å². The third kappa shape index (κ3) is 2.33. The summed E-state index contributed by atoms with van der Waals surface area (Å²) in [4.78, 5) is 4.60. The molecule has 0 saturated carbocycles. The molecule has 0 fully saturated rings. The van der Waals surface area contributed by atoms with Crippen molar-refractivity contribution in [2.45, 2.75) is 26.7 Å². The molecule has 0 atom stereocenters. The molecule has 2 aromatic rings. The van der Waals surface area contributed by atoms with E-state index in [1.54, 1.807) is 0 Å². The Balaban J connectivity index is 2.56. The fourth-order valence-electron chi connectivity index (χ4n) is 1.81. The third-order valence-corrected chi connectivity index (χ3v) is 2.71. The van der Waals surface area contributed by atoms with Gasteiger partial charge in [0.15, 0.2) is 0 Å². The van der Waals surface area contributed by atoms with Crippen LogP contribution in [0, 0.1) is 0 Å². The number of pyridine rings is 1. The minimum absolute atomic E-state index is 0.705. The molecule has 17 heavy (non-hydrogen) atoms. The van der Waals surface area contributed by atoms with Crippen LogP contribution in [-0.4, -0.2) is 11.6 Å². The lowest BCUT2D eigenvalue weighted by Crippen LogP contribution is -1.99. The Kier molecular flexibility index (Phi) is 3.47. The number of nitrogens with zero attached hydrogens (tertiary/aromatic N) is 1. The molecule has 0 spiro atoms. The van der Waals surface area contributed by atoms with E-state index < -0.39 is 0 Å². The molecular formula is C14H18N2O. The SMILES string of the molecule is CCCOc1cccc2c(N)cc(CC)nc12. The molecule has 0 aliphatic rings. The van der Waals surface area contributed by atoms with Crippen LogP contribution in [0.5, 0.6) is 5.75 Å². The van der Waals surface area contributed by atoms with Gasteiger partial charge in [-0.2, -0.15) is 0 Å². The lowest BCUT2D eigenvalue weighted by atomic mass is 10.1. The summed E-state index contributed by atoms with van der Waals surface area (Å²) in [6.45, 7) is 4.87. The van der Waals surface area contributed by atoms with Crippen molar-refractivity contribution < 1.29 is 4.74 Å². The predicted octanol–water partition coefficient (Wildman–Crippen LogP) is 3.17. The van der Waals surface area contributed by atoms with Gasteiger partial charge in [-0.05, 0) is 25.0 Å². The highest BCUT2D eigenvalue weighted by atomic mass is 16.5. The highest BCUT2D eigenvalue weighted by molar-refractivity contribution is 5.94. The van der Waals surface area contributed by atoms with E-state index in [0.717, 1.165) is 40.9 Å². The van der Waals surface area contributed by atoms with Crippen molar-refractivity contribution in [2.75, 3.05) is 12.3 Å². The Hall–Kier alpha value is -1.77. The molecule has 0 radical (unpaired) electrons. The Bertz CT molecular complexity index is 523. The lowest BCUT2D eigenvalue weighted by molar-refractivity contribution is 0.320. The Morgan fingerprint density at radius 3 is 2.82 bits per heavy atom. The van der Waals surface area contributed by atoms with Crippen molar-refractivity contribution in [1.29, 1.82) is 0 Å². The summed E-state index contributed by atoms with van der Waals surface area (Å²) >= 11 is 0. The Morgan fingerprint density at radius 1 is 1.29 bits per heavy atom. The van der Waals surface area contributed by atoms with Gasteiger partial charge >= 0.3 is 0 Å². The first-order valence-electron chi connectivity index (χ1n) is 6.07. The van der Waals surface area contributed by atoms with Crippen LogP contribution < -0.4 is 10.5 Å². The number of aryl methyl sites for hydroxylation is 1. The number of para-hydroxylation sites is 1. The fourth-order valence-corrected chi connectivity index (χ4v) is 1.81. The number of fused-ring (bicyclic) bond motifs is 1. The van der Waals surface area contributed by atoms with Crippen molar-refractivity contribution >= 4 is 16.6 Å². The molecular weight excluding hydrogens is 212 g/mol. The molecule has 0 amide bonds. The second-order valence-electron chi connectivity index (χ2n) is 4.06. The largest absolute Gasteiger partial charge is 0.491 e. The van der Waals surface area contributed by atoms with Gasteiger partial charge in [-0.3, -0.25) is 0 Å². The van der Waals surface area contributed by atoms with Crippen LogP contribution in [0.3, 0.4) is 0 Å². The third-order valence-electron chi connectivity index (χ3n) is 2.71. The smallest absolute Gasteiger partial charge is 0.145 e. The summed E-state index contributed by atoms with van der Waals surface area (Å²) in [5.74, 6) is 0.825. The number of benzene rings is 1. The molecule has 0 unspecified atom stereocenters. The van der Waals surface area contributed by atoms with Crippen LogP contribution in [-0.2, 0) is 6.42 Å². The predicted molar refractivity (Wildman–Crippen MR) is 71.3 cm³/mol. The van der Waals surface area contributed by atoms with Crippen LogP contribution in [0.25, 0.3) is 10.9 Å². The molecule has 2 N–H and O–H groups in total. The molecule has 0 aliphatic heterocycles. The zero-order valence-corrected chi connectivity index (χ0v) is 10.4.